The van der Waals surface area contributed by atoms with Gasteiger partial charge in [0, 0.05) is 6.54 Å². The zero-order valence-electron chi connectivity index (χ0n) is 8.42. The molecule has 5 heteroatoms. The van der Waals surface area contributed by atoms with Crippen molar-refractivity contribution in [1.29, 1.82) is 0 Å². The number of methoxy groups -OCH3 is 1. The van der Waals surface area contributed by atoms with Crippen LogP contribution in [0.3, 0.4) is 0 Å². The van der Waals surface area contributed by atoms with Crippen LogP contribution in [-0.4, -0.2) is 22.1 Å². The van der Waals surface area contributed by atoms with Crippen molar-refractivity contribution in [3.05, 3.63) is 36.2 Å². The summed E-state index contributed by atoms with van der Waals surface area (Å²) in [6.07, 6.45) is 1.81. The zero-order chi connectivity index (χ0) is 10.7. The first-order valence-corrected chi connectivity index (χ1v) is 4.59. The third kappa shape index (κ3) is 1.97. The second kappa shape index (κ2) is 4.10. The highest BCUT2D eigenvalue weighted by atomic mass is 16.5. The normalized spacial score (nSPS) is 10.3. The molecule has 0 aliphatic rings. The van der Waals surface area contributed by atoms with E-state index in [0.29, 0.717) is 6.54 Å². The number of hydrogen-bond acceptors (Lipinski definition) is 4. The van der Waals surface area contributed by atoms with Crippen LogP contribution in [0.4, 0.5) is 0 Å². The van der Waals surface area contributed by atoms with Crippen LogP contribution in [0.2, 0.25) is 0 Å². The van der Waals surface area contributed by atoms with Gasteiger partial charge in [-0.2, -0.15) is 0 Å². The van der Waals surface area contributed by atoms with Crippen molar-refractivity contribution in [2.45, 2.75) is 6.54 Å². The van der Waals surface area contributed by atoms with Crippen molar-refractivity contribution in [2.75, 3.05) is 7.11 Å². The molecule has 0 unspecified atom stereocenters. The van der Waals surface area contributed by atoms with Crippen molar-refractivity contribution in [2.24, 2.45) is 5.73 Å². The number of ether oxygens (including phenoxy) is 1. The molecule has 2 rings (SSSR count). The van der Waals surface area contributed by atoms with Gasteiger partial charge in [-0.1, -0.05) is 5.21 Å². The second-order valence-electron chi connectivity index (χ2n) is 3.06. The van der Waals surface area contributed by atoms with Crippen LogP contribution < -0.4 is 10.5 Å². The van der Waals surface area contributed by atoms with E-state index in [1.54, 1.807) is 11.8 Å². The fourth-order valence-corrected chi connectivity index (χ4v) is 1.25. The molecule has 2 N–H and O–H groups in total. The maximum Gasteiger partial charge on any atom is 0.119 e. The van der Waals surface area contributed by atoms with Crippen molar-refractivity contribution in [3.63, 3.8) is 0 Å². The van der Waals surface area contributed by atoms with E-state index in [2.05, 4.69) is 10.3 Å². The predicted octanol–water partition coefficient (Wildman–Crippen LogP) is 0.735. The summed E-state index contributed by atoms with van der Waals surface area (Å²) in [6, 6.07) is 7.57. The average Bonchev–Trinajstić information content (AvgIpc) is 2.78. The SMILES string of the molecule is COc1ccc(-n2cc(CN)nn2)cc1. The number of nitrogens with zero attached hydrogens (tertiary/aromatic N) is 3. The molecule has 0 aliphatic carbocycles. The van der Waals surface area contributed by atoms with Crippen LogP contribution in [-0.2, 0) is 6.54 Å². The molecule has 78 valence electrons. The molecule has 1 aromatic heterocycles. The first-order chi connectivity index (χ1) is 7.33. The van der Waals surface area contributed by atoms with Crippen LogP contribution in [0.15, 0.2) is 30.5 Å². The van der Waals surface area contributed by atoms with E-state index < -0.39 is 0 Å². The summed E-state index contributed by atoms with van der Waals surface area (Å²) in [7, 11) is 1.64. The molecule has 0 bridgehead atoms. The Morgan fingerprint density at radius 2 is 2.07 bits per heavy atom. The third-order valence-corrected chi connectivity index (χ3v) is 2.09. The lowest BCUT2D eigenvalue weighted by Gasteiger charge is -2.01. The largest absolute Gasteiger partial charge is 0.497 e. The van der Waals surface area contributed by atoms with Gasteiger partial charge in [-0.3, -0.25) is 0 Å². The molecule has 0 aliphatic heterocycles. The summed E-state index contributed by atoms with van der Waals surface area (Å²) in [5, 5.41) is 7.87. The van der Waals surface area contributed by atoms with Crippen molar-refractivity contribution in [3.8, 4) is 11.4 Å². The van der Waals surface area contributed by atoms with Crippen LogP contribution in [0.25, 0.3) is 5.69 Å². The molecule has 0 spiro atoms. The molecule has 0 amide bonds. The van der Waals surface area contributed by atoms with Gasteiger partial charge in [-0.05, 0) is 24.3 Å². The molecule has 0 radical (unpaired) electrons. The van der Waals surface area contributed by atoms with Crippen molar-refractivity contribution >= 4 is 0 Å². The highest BCUT2D eigenvalue weighted by Crippen LogP contribution is 2.13. The van der Waals surface area contributed by atoms with E-state index in [4.69, 9.17) is 10.5 Å². The molecule has 0 fully saturated rings. The Morgan fingerprint density at radius 3 is 2.60 bits per heavy atom. The first kappa shape index (κ1) is 9.67. The number of benzene rings is 1. The number of nitrogens with two attached hydrogens (primary N) is 1. The van der Waals surface area contributed by atoms with Gasteiger partial charge in [0.1, 0.15) is 5.75 Å². The molecule has 0 saturated carbocycles. The fraction of sp³-hybridized carbons (Fsp3) is 0.200. The van der Waals surface area contributed by atoms with Crippen molar-refractivity contribution in [1.82, 2.24) is 15.0 Å². The number of hydrogen-bond donors (Lipinski definition) is 1. The molecule has 0 atom stereocenters. The van der Waals surface area contributed by atoms with Gasteiger partial charge < -0.3 is 10.5 Å². The zero-order valence-corrected chi connectivity index (χ0v) is 8.42. The molecule has 1 heterocycles. The topological polar surface area (TPSA) is 66.0 Å². The quantitative estimate of drug-likeness (QED) is 0.800. The molecule has 0 saturated heterocycles. The standard InChI is InChI=1S/C10H12N4O/c1-15-10-4-2-9(3-5-10)14-7-8(6-11)12-13-14/h2-5,7H,6,11H2,1H3. The molecular weight excluding hydrogens is 192 g/mol. The van der Waals surface area contributed by atoms with Gasteiger partial charge in [0.05, 0.1) is 24.7 Å². The van der Waals surface area contributed by atoms with Crippen LogP contribution in [0.5, 0.6) is 5.75 Å². The third-order valence-electron chi connectivity index (χ3n) is 2.09. The summed E-state index contributed by atoms with van der Waals surface area (Å²) in [6.45, 7) is 0.399. The lowest BCUT2D eigenvalue weighted by Crippen LogP contribution is -1.96. The average molecular weight is 204 g/mol. The number of aromatic nitrogens is 3. The van der Waals surface area contributed by atoms with E-state index in [-0.39, 0.29) is 0 Å². The summed E-state index contributed by atoms with van der Waals surface area (Å²) < 4.78 is 6.75. The Bertz CT molecular complexity index is 435. The predicted molar refractivity (Wildman–Crippen MR) is 55.8 cm³/mol. The van der Waals surface area contributed by atoms with Crippen LogP contribution >= 0.6 is 0 Å². The fourth-order valence-electron chi connectivity index (χ4n) is 1.25. The van der Waals surface area contributed by atoms with E-state index in [1.165, 1.54) is 0 Å². The smallest absolute Gasteiger partial charge is 0.119 e. The van der Waals surface area contributed by atoms with Crippen LogP contribution in [0.1, 0.15) is 5.69 Å². The van der Waals surface area contributed by atoms with Gasteiger partial charge in [0.15, 0.2) is 0 Å². The van der Waals surface area contributed by atoms with Gasteiger partial charge in [0.2, 0.25) is 0 Å². The molecular formula is C10H12N4O. The van der Waals surface area contributed by atoms with E-state index in [9.17, 15) is 0 Å². The first-order valence-electron chi connectivity index (χ1n) is 4.59. The Kier molecular flexibility index (Phi) is 2.64. The van der Waals surface area contributed by atoms with Gasteiger partial charge in [-0.25, -0.2) is 4.68 Å². The monoisotopic (exact) mass is 204 g/mol. The van der Waals surface area contributed by atoms with E-state index >= 15 is 0 Å². The minimum absolute atomic E-state index is 0.399. The maximum atomic E-state index is 5.45. The summed E-state index contributed by atoms with van der Waals surface area (Å²) in [4.78, 5) is 0. The summed E-state index contributed by atoms with van der Waals surface area (Å²) in [5.74, 6) is 0.818. The van der Waals surface area contributed by atoms with Gasteiger partial charge in [0.25, 0.3) is 0 Å². The summed E-state index contributed by atoms with van der Waals surface area (Å²) in [5.41, 5.74) is 7.15. The highest BCUT2D eigenvalue weighted by Gasteiger charge is 2.00. The maximum absolute atomic E-state index is 5.45. The minimum atomic E-state index is 0.399. The Morgan fingerprint density at radius 1 is 1.33 bits per heavy atom. The molecule has 2 aromatic rings. The highest BCUT2D eigenvalue weighted by molar-refractivity contribution is 5.36. The van der Waals surface area contributed by atoms with Gasteiger partial charge >= 0.3 is 0 Å². The molecule has 5 nitrogen and oxygen atoms in total. The lowest BCUT2D eigenvalue weighted by atomic mass is 10.3. The Hall–Kier alpha value is -1.88. The second-order valence-corrected chi connectivity index (χ2v) is 3.06. The van der Waals surface area contributed by atoms with Crippen LogP contribution in [0, 0.1) is 0 Å². The minimum Gasteiger partial charge on any atom is -0.497 e. The number of rotatable bonds is 3. The van der Waals surface area contributed by atoms with E-state index in [0.717, 1.165) is 17.1 Å². The van der Waals surface area contributed by atoms with Gasteiger partial charge in [-0.15, -0.1) is 5.10 Å². The van der Waals surface area contributed by atoms with Crippen molar-refractivity contribution < 1.29 is 4.74 Å². The Balaban J connectivity index is 2.28. The molecule has 1 aromatic carbocycles. The van der Waals surface area contributed by atoms with E-state index in [1.807, 2.05) is 30.5 Å². The summed E-state index contributed by atoms with van der Waals surface area (Å²) >= 11 is 0. The lowest BCUT2D eigenvalue weighted by molar-refractivity contribution is 0.414. The molecule has 15 heavy (non-hydrogen) atoms. The Labute approximate surface area is 87.5 Å².